The topological polar surface area (TPSA) is 35.5 Å². The van der Waals surface area contributed by atoms with E-state index >= 15 is 0 Å². The summed E-state index contributed by atoms with van der Waals surface area (Å²) in [6.45, 7) is 4.66. The fraction of sp³-hybridized carbons (Fsp3) is 0.933. The first kappa shape index (κ1) is 17.8. The van der Waals surface area contributed by atoms with Crippen LogP contribution < -0.4 is 0 Å². The third-order valence-corrected chi connectivity index (χ3v) is 5.57. The van der Waals surface area contributed by atoms with Crippen molar-refractivity contribution in [3.05, 3.63) is 0 Å². The first-order valence-corrected chi connectivity index (χ1v) is 11.4. The van der Waals surface area contributed by atoms with E-state index in [2.05, 4.69) is 24.4 Å². The fourth-order valence-corrected chi connectivity index (χ4v) is 5.39. The summed E-state index contributed by atoms with van der Waals surface area (Å²) in [6, 6.07) is 0. The lowest BCUT2D eigenvalue weighted by Crippen LogP contribution is -2.63. The number of carbonyl (C=O) groups excluding carboxylic acids is 1. The Morgan fingerprint density at radius 2 is 1.91 bits per heavy atom. The van der Waals surface area contributed by atoms with E-state index in [0.717, 1.165) is 32.1 Å². The van der Waals surface area contributed by atoms with Crippen LogP contribution in [0, 0.1) is 11.8 Å². The van der Waals surface area contributed by atoms with Gasteiger partial charge in [0.25, 0.3) is 0 Å². The number of fused-ring (bicyclic) bond motifs is 1. The zero-order chi connectivity index (χ0) is 16.6. The molecule has 0 radical (unpaired) electrons. The second-order valence-corrected chi connectivity index (χ2v) is 11.9. The van der Waals surface area contributed by atoms with Gasteiger partial charge in [0.05, 0.1) is 11.5 Å². The van der Waals surface area contributed by atoms with Crippen molar-refractivity contribution in [2.24, 2.45) is 11.8 Å². The summed E-state index contributed by atoms with van der Waals surface area (Å²) in [6.07, 6.45) is 1.03. The summed E-state index contributed by atoms with van der Waals surface area (Å²) >= 11 is 0. The molecule has 0 saturated heterocycles. The number of rotatable bonds is 4. The minimum Gasteiger partial charge on any atom is -0.456 e. The van der Waals surface area contributed by atoms with Crippen molar-refractivity contribution in [1.82, 2.24) is 0 Å². The third kappa shape index (κ3) is 4.04. The van der Waals surface area contributed by atoms with E-state index in [9.17, 15) is 18.0 Å². The molecule has 3 nitrogen and oxygen atoms in total. The summed E-state index contributed by atoms with van der Waals surface area (Å²) in [7, 11) is -1.91. The molecule has 0 spiro atoms. The number of carbonyl (C=O) groups is 1. The SMILES string of the molecule is C[Si](C)(C)O[C@]12CCCCC[C@H]1C[C@H]2C(=O)OCC(F)(F)F. The molecule has 0 aromatic carbocycles. The first-order chi connectivity index (χ1) is 10.0. The molecule has 0 amide bonds. The molecule has 2 saturated carbocycles. The highest BCUT2D eigenvalue weighted by atomic mass is 28.4. The smallest absolute Gasteiger partial charge is 0.422 e. The summed E-state index contributed by atoms with van der Waals surface area (Å²) in [4.78, 5) is 12.1. The molecule has 2 aliphatic carbocycles. The van der Waals surface area contributed by atoms with Gasteiger partial charge in [-0.25, -0.2) is 0 Å². The molecule has 0 heterocycles. The van der Waals surface area contributed by atoms with Gasteiger partial charge in [0.2, 0.25) is 0 Å². The second-order valence-electron chi connectivity index (χ2n) is 7.48. The van der Waals surface area contributed by atoms with E-state index in [1.807, 2.05) is 0 Å². The monoisotopic (exact) mass is 338 g/mol. The van der Waals surface area contributed by atoms with Crippen LogP contribution in [0.4, 0.5) is 13.2 Å². The van der Waals surface area contributed by atoms with Gasteiger partial charge in [-0.1, -0.05) is 19.3 Å². The summed E-state index contributed by atoms with van der Waals surface area (Å²) < 4.78 is 47.7. The molecule has 0 aromatic rings. The highest BCUT2D eigenvalue weighted by Gasteiger charge is 2.60. The van der Waals surface area contributed by atoms with Gasteiger partial charge < -0.3 is 9.16 Å². The largest absolute Gasteiger partial charge is 0.456 e. The zero-order valence-corrected chi connectivity index (χ0v) is 14.5. The quantitative estimate of drug-likeness (QED) is 0.567. The van der Waals surface area contributed by atoms with Gasteiger partial charge in [-0.05, 0) is 44.8 Å². The Morgan fingerprint density at radius 3 is 2.50 bits per heavy atom. The second kappa shape index (κ2) is 6.15. The average Bonchev–Trinajstić information content (AvgIpc) is 2.47. The third-order valence-electron chi connectivity index (χ3n) is 4.58. The Kier molecular flexibility index (Phi) is 4.97. The fourth-order valence-electron chi connectivity index (χ4n) is 3.84. The van der Waals surface area contributed by atoms with Crippen molar-refractivity contribution in [1.29, 1.82) is 0 Å². The van der Waals surface area contributed by atoms with Crippen LogP contribution in [0.15, 0.2) is 0 Å². The van der Waals surface area contributed by atoms with Crippen LogP contribution >= 0.6 is 0 Å². The summed E-state index contributed by atoms with van der Waals surface area (Å²) in [5.41, 5.74) is -0.580. The van der Waals surface area contributed by atoms with Crippen LogP contribution in [-0.4, -0.2) is 32.7 Å². The van der Waals surface area contributed by atoms with Gasteiger partial charge in [-0.15, -0.1) is 0 Å². The predicted molar refractivity (Wildman–Crippen MR) is 78.9 cm³/mol. The van der Waals surface area contributed by atoms with Crippen molar-refractivity contribution in [3.63, 3.8) is 0 Å². The zero-order valence-electron chi connectivity index (χ0n) is 13.5. The van der Waals surface area contributed by atoms with Crippen molar-refractivity contribution in [2.75, 3.05) is 6.61 Å². The molecule has 3 atom stereocenters. The van der Waals surface area contributed by atoms with E-state index in [1.165, 1.54) is 0 Å². The Hall–Kier alpha value is -0.563. The molecule has 2 fully saturated rings. The molecular weight excluding hydrogens is 313 g/mol. The van der Waals surface area contributed by atoms with Gasteiger partial charge in [0.15, 0.2) is 14.9 Å². The van der Waals surface area contributed by atoms with E-state index in [0.29, 0.717) is 6.42 Å². The Labute approximate surface area is 130 Å². The number of ether oxygens (including phenoxy) is 1. The molecule has 128 valence electrons. The number of hydrogen-bond donors (Lipinski definition) is 0. The summed E-state index contributed by atoms with van der Waals surface area (Å²) in [5, 5.41) is 0. The molecule has 2 rings (SSSR count). The molecule has 0 N–H and O–H groups in total. The lowest BCUT2D eigenvalue weighted by atomic mass is 9.58. The minimum absolute atomic E-state index is 0.283. The van der Waals surface area contributed by atoms with E-state index in [4.69, 9.17) is 4.43 Å². The van der Waals surface area contributed by atoms with E-state index in [1.54, 1.807) is 0 Å². The van der Waals surface area contributed by atoms with Gasteiger partial charge in [0.1, 0.15) is 0 Å². The number of hydrogen-bond acceptors (Lipinski definition) is 3. The number of halogens is 3. The maximum Gasteiger partial charge on any atom is 0.422 e. The van der Waals surface area contributed by atoms with Crippen molar-refractivity contribution in [3.8, 4) is 0 Å². The van der Waals surface area contributed by atoms with Crippen LogP contribution in [0.3, 0.4) is 0 Å². The Bertz CT molecular complexity index is 419. The van der Waals surface area contributed by atoms with Gasteiger partial charge in [-0.3, -0.25) is 4.79 Å². The number of esters is 1. The molecule has 2 aliphatic rings. The van der Waals surface area contributed by atoms with Crippen LogP contribution in [-0.2, 0) is 14.0 Å². The number of alkyl halides is 3. The van der Waals surface area contributed by atoms with Gasteiger partial charge >= 0.3 is 12.1 Å². The van der Waals surface area contributed by atoms with Crippen LogP contribution in [0.25, 0.3) is 0 Å². The molecular formula is C15H25F3O3Si. The minimum atomic E-state index is -4.48. The molecule has 0 aromatic heterocycles. The van der Waals surface area contributed by atoms with Crippen LogP contribution in [0.1, 0.15) is 38.5 Å². The molecule has 0 aliphatic heterocycles. The molecule has 0 bridgehead atoms. The summed E-state index contributed by atoms with van der Waals surface area (Å²) in [5.74, 6) is -0.997. The Balaban J connectivity index is 2.11. The van der Waals surface area contributed by atoms with Crippen LogP contribution in [0.5, 0.6) is 0 Å². The maximum absolute atomic E-state index is 12.3. The predicted octanol–water partition coefficient (Wildman–Crippen LogP) is 4.28. The normalized spacial score (nSPS) is 32.6. The van der Waals surface area contributed by atoms with E-state index < -0.39 is 38.6 Å². The maximum atomic E-state index is 12.3. The van der Waals surface area contributed by atoms with Crippen molar-refractivity contribution >= 4 is 14.3 Å². The van der Waals surface area contributed by atoms with Gasteiger partial charge in [0, 0.05) is 0 Å². The van der Waals surface area contributed by atoms with Crippen molar-refractivity contribution in [2.45, 2.75) is 69.9 Å². The molecule has 22 heavy (non-hydrogen) atoms. The average molecular weight is 338 g/mol. The van der Waals surface area contributed by atoms with Crippen molar-refractivity contribution < 1.29 is 27.1 Å². The van der Waals surface area contributed by atoms with E-state index in [-0.39, 0.29) is 5.92 Å². The lowest BCUT2D eigenvalue weighted by Gasteiger charge is -2.56. The molecule has 0 unspecified atom stereocenters. The first-order valence-electron chi connectivity index (χ1n) is 7.97. The highest BCUT2D eigenvalue weighted by molar-refractivity contribution is 6.69. The Morgan fingerprint density at radius 1 is 1.23 bits per heavy atom. The molecule has 7 heteroatoms. The lowest BCUT2D eigenvalue weighted by molar-refractivity contribution is -0.209. The van der Waals surface area contributed by atoms with Gasteiger partial charge in [-0.2, -0.15) is 13.2 Å². The highest BCUT2D eigenvalue weighted by Crippen LogP contribution is 2.55. The standard InChI is InChI=1S/C15H25F3O3Si/c1-22(2,3)21-14-8-6-4-5-7-11(14)9-12(14)13(19)20-10-15(16,17)18/h11-12H,4-10H2,1-3H3/t11-,12-,14+/m0/s1. The van der Waals surface area contributed by atoms with Crippen LogP contribution in [0.2, 0.25) is 19.6 Å².